The molecular weight excluding hydrogens is 178 g/mol. The maximum atomic E-state index is 9.29. The minimum atomic E-state index is 0.0233. The lowest BCUT2D eigenvalue weighted by Gasteiger charge is -2.27. The minimum Gasteiger partial charge on any atom is -0.376 e. The van der Waals surface area contributed by atoms with Gasteiger partial charge >= 0.3 is 0 Å². The van der Waals surface area contributed by atoms with Crippen molar-refractivity contribution in [3.05, 3.63) is 18.6 Å². The second-order valence-corrected chi connectivity index (χ2v) is 3.56. The number of aliphatic hydroxyl groups is 1. The minimum absolute atomic E-state index is 0.0233. The molecule has 0 saturated heterocycles. The van der Waals surface area contributed by atoms with Crippen LogP contribution in [0, 0.1) is 6.33 Å². The van der Waals surface area contributed by atoms with Gasteiger partial charge in [0.25, 0.3) is 0 Å². The summed E-state index contributed by atoms with van der Waals surface area (Å²) in [6.45, 7) is 0.0233. The van der Waals surface area contributed by atoms with Crippen molar-refractivity contribution < 1.29 is 5.11 Å². The highest BCUT2D eigenvalue weighted by molar-refractivity contribution is 5.37. The van der Waals surface area contributed by atoms with E-state index >= 15 is 0 Å². The van der Waals surface area contributed by atoms with Crippen molar-refractivity contribution in [3.8, 4) is 0 Å². The molecule has 1 radical (unpaired) electrons. The van der Waals surface area contributed by atoms with Gasteiger partial charge in [-0.25, -0.2) is 9.97 Å². The topological polar surface area (TPSA) is 49.2 Å². The Balaban J connectivity index is 2.12. The normalized spacial score (nSPS) is 17.2. The Morgan fingerprint density at radius 2 is 2.29 bits per heavy atom. The van der Waals surface area contributed by atoms with E-state index in [1.807, 2.05) is 11.0 Å². The Hall–Kier alpha value is -1.16. The van der Waals surface area contributed by atoms with E-state index in [4.69, 9.17) is 0 Å². The SMILES string of the molecule is OCN(c1ccn[c]n1)C1CCCC1. The summed E-state index contributed by atoms with van der Waals surface area (Å²) in [7, 11) is 0. The number of nitrogens with zero attached hydrogens (tertiary/aromatic N) is 3. The van der Waals surface area contributed by atoms with Crippen LogP contribution in [0.2, 0.25) is 0 Å². The molecule has 0 aromatic carbocycles. The Labute approximate surface area is 83.6 Å². The second-order valence-electron chi connectivity index (χ2n) is 3.56. The Kier molecular flexibility index (Phi) is 2.93. The van der Waals surface area contributed by atoms with Crippen LogP contribution in [0.3, 0.4) is 0 Å². The van der Waals surface area contributed by atoms with E-state index in [2.05, 4.69) is 16.3 Å². The summed E-state index contributed by atoms with van der Waals surface area (Å²) in [6.07, 6.45) is 8.98. The highest BCUT2D eigenvalue weighted by Crippen LogP contribution is 2.25. The first kappa shape index (κ1) is 9.40. The second kappa shape index (κ2) is 4.37. The lowest BCUT2D eigenvalue weighted by Crippen LogP contribution is -2.34. The molecule has 0 spiro atoms. The summed E-state index contributed by atoms with van der Waals surface area (Å²) in [4.78, 5) is 9.69. The molecule has 1 heterocycles. The number of hydrogen-bond acceptors (Lipinski definition) is 4. The number of aromatic nitrogens is 2. The predicted molar refractivity (Wildman–Crippen MR) is 52.7 cm³/mol. The largest absolute Gasteiger partial charge is 0.376 e. The highest BCUT2D eigenvalue weighted by atomic mass is 16.3. The fraction of sp³-hybridized carbons (Fsp3) is 0.600. The molecule has 1 saturated carbocycles. The van der Waals surface area contributed by atoms with Crippen molar-refractivity contribution >= 4 is 5.82 Å². The van der Waals surface area contributed by atoms with Crippen LogP contribution >= 0.6 is 0 Å². The van der Waals surface area contributed by atoms with E-state index in [1.54, 1.807) is 6.20 Å². The van der Waals surface area contributed by atoms with Crippen molar-refractivity contribution in [2.45, 2.75) is 31.7 Å². The summed E-state index contributed by atoms with van der Waals surface area (Å²) in [5.74, 6) is 0.773. The van der Waals surface area contributed by atoms with Crippen molar-refractivity contribution in [2.75, 3.05) is 11.6 Å². The van der Waals surface area contributed by atoms with Gasteiger partial charge in [-0.15, -0.1) is 0 Å². The van der Waals surface area contributed by atoms with E-state index < -0.39 is 0 Å². The molecule has 0 bridgehead atoms. The van der Waals surface area contributed by atoms with Crippen LogP contribution in [0.15, 0.2) is 12.3 Å². The standard InChI is InChI=1S/C10H14N3O/c14-8-13(9-3-1-2-4-9)10-5-6-11-7-12-10/h5-6,9,14H,1-4,8H2. The van der Waals surface area contributed by atoms with Crippen LogP contribution in [-0.4, -0.2) is 27.8 Å². The summed E-state index contributed by atoms with van der Waals surface area (Å²) in [5.41, 5.74) is 0. The molecule has 1 N–H and O–H groups in total. The quantitative estimate of drug-likeness (QED) is 0.725. The van der Waals surface area contributed by atoms with E-state index in [0.717, 1.165) is 18.7 Å². The maximum absolute atomic E-state index is 9.29. The van der Waals surface area contributed by atoms with E-state index in [0.29, 0.717) is 6.04 Å². The van der Waals surface area contributed by atoms with E-state index in [9.17, 15) is 5.11 Å². The first-order chi connectivity index (χ1) is 6.92. The number of anilines is 1. The molecule has 1 aliphatic carbocycles. The van der Waals surface area contributed by atoms with Crippen molar-refractivity contribution in [1.82, 2.24) is 9.97 Å². The van der Waals surface area contributed by atoms with Crippen LogP contribution in [0.1, 0.15) is 25.7 Å². The van der Waals surface area contributed by atoms with Gasteiger partial charge in [0, 0.05) is 12.2 Å². The average Bonchev–Trinajstić information content (AvgIpc) is 2.74. The number of rotatable bonds is 3. The highest BCUT2D eigenvalue weighted by Gasteiger charge is 2.22. The zero-order chi connectivity index (χ0) is 9.80. The van der Waals surface area contributed by atoms with Crippen LogP contribution < -0.4 is 4.90 Å². The summed E-state index contributed by atoms with van der Waals surface area (Å²) >= 11 is 0. The van der Waals surface area contributed by atoms with Crippen LogP contribution in [0.5, 0.6) is 0 Å². The number of hydrogen-bond donors (Lipinski definition) is 1. The van der Waals surface area contributed by atoms with Crippen LogP contribution in [0.25, 0.3) is 0 Å². The smallest absolute Gasteiger partial charge is 0.199 e. The molecule has 4 heteroatoms. The van der Waals surface area contributed by atoms with Crippen molar-refractivity contribution in [2.24, 2.45) is 0 Å². The fourth-order valence-electron chi connectivity index (χ4n) is 2.01. The zero-order valence-electron chi connectivity index (χ0n) is 8.06. The molecule has 1 aromatic rings. The summed E-state index contributed by atoms with van der Waals surface area (Å²) in [6, 6.07) is 2.24. The number of aliphatic hydroxyl groups excluding tert-OH is 1. The average molecular weight is 192 g/mol. The van der Waals surface area contributed by atoms with Gasteiger partial charge in [-0.3, -0.25) is 0 Å². The molecule has 0 amide bonds. The zero-order valence-corrected chi connectivity index (χ0v) is 8.06. The van der Waals surface area contributed by atoms with E-state index in [1.165, 1.54) is 12.8 Å². The molecule has 4 nitrogen and oxygen atoms in total. The van der Waals surface area contributed by atoms with Gasteiger partial charge in [-0.2, -0.15) is 0 Å². The van der Waals surface area contributed by atoms with Gasteiger partial charge in [-0.1, -0.05) is 12.8 Å². The van der Waals surface area contributed by atoms with E-state index in [-0.39, 0.29) is 6.73 Å². The molecule has 75 valence electrons. The first-order valence-electron chi connectivity index (χ1n) is 4.98. The van der Waals surface area contributed by atoms with Gasteiger partial charge in [0.15, 0.2) is 6.33 Å². The molecule has 0 atom stereocenters. The molecule has 14 heavy (non-hydrogen) atoms. The maximum Gasteiger partial charge on any atom is 0.199 e. The molecule has 1 aliphatic rings. The summed E-state index contributed by atoms with van der Waals surface area (Å²) in [5, 5.41) is 9.29. The lowest BCUT2D eigenvalue weighted by molar-refractivity contribution is 0.275. The van der Waals surface area contributed by atoms with Crippen LogP contribution in [0.4, 0.5) is 5.82 Å². The molecule has 0 unspecified atom stereocenters. The molecule has 1 aromatic heterocycles. The van der Waals surface area contributed by atoms with Gasteiger partial charge < -0.3 is 10.0 Å². The first-order valence-corrected chi connectivity index (χ1v) is 4.98. The molecule has 1 fully saturated rings. The van der Waals surface area contributed by atoms with Gasteiger partial charge in [-0.05, 0) is 18.9 Å². The molecule has 2 rings (SSSR count). The van der Waals surface area contributed by atoms with Gasteiger partial charge in [0.2, 0.25) is 0 Å². The Morgan fingerprint density at radius 1 is 1.50 bits per heavy atom. The molecule has 0 aliphatic heterocycles. The third kappa shape index (κ3) is 1.85. The van der Waals surface area contributed by atoms with Crippen molar-refractivity contribution in [1.29, 1.82) is 0 Å². The predicted octanol–water partition coefficient (Wildman–Crippen LogP) is 0.976. The van der Waals surface area contributed by atoms with Crippen molar-refractivity contribution in [3.63, 3.8) is 0 Å². The van der Waals surface area contributed by atoms with Gasteiger partial charge in [0.1, 0.15) is 12.5 Å². The third-order valence-corrected chi connectivity index (χ3v) is 2.73. The van der Waals surface area contributed by atoms with Gasteiger partial charge in [0.05, 0.1) is 0 Å². The lowest BCUT2D eigenvalue weighted by atomic mass is 10.2. The summed E-state index contributed by atoms with van der Waals surface area (Å²) < 4.78 is 0. The molecular formula is C10H14N3O. The Bertz CT molecular complexity index is 272. The van der Waals surface area contributed by atoms with Crippen LogP contribution in [-0.2, 0) is 0 Å². The Morgan fingerprint density at radius 3 is 2.86 bits per heavy atom. The monoisotopic (exact) mass is 192 g/mol. The fourth-order valence-corrected chi connectivity index (χ4v) is 2.01. The third-order valence-electron chi connectivity index (χ3n) is 2.73.